The maximum atomic E-state index is 10.7. The molecule has 0 unspecified atom stereocenters. The zero-order valence-electron chi connectivity index (χ0n) is 9.55. The molecule has 0 saturated heterocycles. The van der Waals surface area contributed by atoms with E-state index in [-0.39, 0.29) is 0 Å². The Balaban J connectivity index is 4.49. The molecule has 0 spiro atoms. The summed E-state index contributed by atoms with van der Waals surface area (Å²) in [5.74, 6) is -0.870. The topological polar surface area (TPSA) is 37.3 Å². The first-order valence-electron chi connectivity index (χ1n) is 5.27. The zero-order chi connectivity index (χ0) is 11.2. The highest BCUT2D eigenvalue weighted by Gasteiger charge is 2.25. The SMILES string of the molecule is C=C(C[N+](CC)(CC)CCC)C(=O)O. The molecule has 0 atom stereocenters. The molecule has 0 rings (SSSR count). The Kier molecular flexibility index (Phi) is 5.46. The largest absolute Gasteiger partial charge is 0.478 e. The van der Waals surface area contributed by atoms with Gasteiger partial charge in [-0.2, -0.15) is 0 Å². The average Bonchev–Trinajstić information content (AvgIpc) is 2.16. The summed E-state index contributed by atoms with van der Waals surface area (Å²) in [5, 5.41) is 8.80. The molecule has 0 amide bonds. The van der Waals surface area contributed by atoms with E-state index in [9.17, 15) is 4.79 Å². The number of carbonyl (C=O) groups is 1. The van der Waals surface area contributed by atoms with E-state index in [4.69, 9.17) is 5.11 Å². The van der Waals surface area contributed by atoms with E-state index in [1.807, 2.05) is 0 Å². The first-order chi connectivity index (χ1) is 6.51. The molecule has 0 saturated carbocycles. The van der Waals surface area contributed by atoms with Crippen molar-refractivity contribution in [3.8, 4) is 0 Å². The van der Waals surface area contributed by atoms with Crippen molar-refractivity contribution in [1.82, 2.24) is 0 Å². The minimum atomic E-state index is -0.870. The third kappa shape index (κ3) is 3.50. The number of nitrogens with zero attached hydrogens (tertiary/aromatic N) is 1. The van der Waals surface area contributed by atoms with Crippen LogP contribution in [0.4, 0.5) is 0 Å². The Morgan fingerprint density at radius 3 is 2.07 bits per heavy atom. The van der Waals surface area contributed by atoms with E-state index in [0.717, 1.165) is 30.5 Å². The summed E-state index contributed by atoms with van der Waals surface area (Å²) >= 11 is 0. The van der Waals surface area contributed by atoms with Gasteiger partial charge in [0, 0.05) is 0 Å². The average molecular weight is 200 g/mol. The maximum Gasteiger partial charge on any atom is 0.336 e. The number of likely N-dealkylation sites (N-methyl/N-ethyl adjacent to an activating group) is 1. The van der Waals surface area contributed by atoms with E-state index in [1.165, 1.54) is 0 Å². The highest BCUT2D eigenvalue weighted by molar-refractivity contribution is 5.85. The number of rotatable bonds is 7. The predicted molar refractivity (Wildman–Crippen MR) is 58.1 cm³/mol. The Morgan fingerprint density at radius 1 is 1.29 bits per heavy atom. The second-order valence-electron chi connectivity index (χ2n) is 3.76. The summed E-state index contributed by atoms with van der Waals surface area (Å²) in [4.78, 5) is 10.7. The van der Waals surface area contributed by atoms with Gasteiger partial charge in [-0.15, -0.1) is 0 Å². The quantitative estimate of drug-likeness (QED) is 0.503. The van der Waals surface area contributed by atoms with E-state index in [0.29, 0.717) is 12.1 Å². The van der Waals surface area contributed by atoms with Crippen LogP contribution >= 0.6 is 0 Å². The lowest BCUT2D eigenvalue weighted by Gasteiger charge is -2.36. The second kappa shape index (κ2) is 5.81. The molecule has 0 heterocycles. The minimum Gasteiger partial charge on any atom is -0.478 e. The van der Waals surface area contributed by atoms with Crippen molar-refractivity contribution >= 4 is 5.97 Å². The van der Waals surface area contributed by atoms with Crippen molar-refractivity contribution in [2.45, 2.75) is 27.2 Å². The molecule has 0 aliphatic heterocycles. The van der Waals surface area contributed by atoms with Crippen LogP contribution < -0.4 is 0 Å². The Morgan fingerprint density at radius 2 is 1.79 bits per heavy atom. The third-order valence-electron chi connectivity index (χ3n) is 2.87. The summed E-state index contributed by atoms with van der Waals surface area (Å²) in [6.07, 6.45) is 1.08. The lowest BCUT2D eigenvalue weighted by Crippen LogP contribution is -2.50. The molecule has 0 aliphatic rings. The number of aliphatic carboxylic acids is 1. The fraction of sp³-hybridized carbons (Fsp3) is 0.727. The van der Waals surface area contributed by atoms with Crippen LogP contribution in [0.1, 0.15) is 27.2 Å². The molecule has 0 radical (unpaired) electrons. The molecule has 14 heavy (non-hydrogen) atoms. The van der Waals surface area contributed by atoms with E-state index in [2.05, 4.69) is 27.4 Å². The number of carboxylic acids is 1. The van der Waals surface area contributed by atoms with Gasteiger partial charge in [-0.3, -0.25) is 0 Å². The molecule has 0 bridgehead atoms. The van der Waals surface area contributed by atoms with Crippen LogP contribution in [0.5, 0.6) is 0 Å². The van der Waals surface area contributed by atoms with Crippen LogP contribution in [0.3, 0.4) is 0 Å². The van der Waals surface area contributed by atoms with E-state index >= 15 is 0 Å². The minimum absolute atomic E-state index is 0.321. The second-order valence-corrected chi connectivity index (χ2v) is 3.76. The van der Waals surface area contributed by atoms with Crippen LogP contribution in [0.15, 0.2) is 12.2 Å². The Labute approximate surface area is 86.6 Å². The fourth-order valence-electron chi connectivity index (χ4n) is 1.79. The molecule has 82 valence electrons. The van der Waals surface area contributed by atoms with Gasteiger partial charge in [0.25, 0.3) is 0 Å². The lowest BCUT2D eigenvalue weighted by atomic mass is 10.2. The molecule has 0 aliphatic carbocycles. The van der Waals surface area contributed by atoms with Gasteiger partial charge in [0.1, 0.15) is 6.54 Å². The van der Waals surface area contributed by atoms with Crippen LogP contribution in [-0.4, -0.2) is 41.7 Å². The first-order valence-corrected chi connectivity index (χ1v) is 5.27. The number of quaternary nitrogens is 1. The molecule has 0 aromatic heterocycles. The normalized spacial score (nSPS) is 11.4. The smallest absolute Gasteiger partial charge is 0.336 e. The number of hydrogen-bond donors (Lipinski definition) is 1. The van der Waals surface area contributed by atoms with Crippen molar-refractivity contribution in [3.05, 3.63) is 12.2 Å². The van der Waals surface area contributed by atoms with E-state index in [1.54, 1.807) is 0 Å². The van der Waals surface area contributed by atoms with Crippen molar-refractivity contribution in [3.63, 3.8) is 0 Å². The summed E-state index contributed by atoms with van der Waals surface area (Å²) < 4.78 is 0.835. The molecule has 0 aromatic rings. The van der Waals surface area contributed by atoms with E-state index < -0.39 is 5.97 Å². The van der Waals surface area contributed by atoms with Gasteiger partial charge in [-0.05, 0) is 20.3 Å². The van der Waals surface area contributed by atoms with Crippen LogP contribution in [0.2, 0.25) is 0 Å². The van der Waals surface area contributed by atoms with Crippen LogP contribution in [0, 0.1) is 0 Å². The van der Waals surface area contributed by atoms with Crippen LogP contribution in [-0.2, 0) is 4.79 Å². The van der Waals surface area contributed by atoms with Crippen molar-refractivity contribution in [2.24, 2.45) is 0 Å². The molecule has 3 nitrogen and oxygen atoms in total. The van der Waals surface area contributed by atoms with Gasteiger partial charge in [0.2, 0.25) is 0 Å². The summed E-state index contributed by atoms with van der Waals surface area (Å²) in [6.45, 7) is 13.5. The summed E-state index contributed by atoms with van der Waals surface area (Å²) in [5.41, 5.74) is 0.321. The highest BCUT2D eigenvalue weighted by Crippen LogP contribution is 2.11. The van der Waals surface area contributed by atoms with Gasteiger partial charge in [-0.1, -0.05) is 13.5 Å². The monoisotopic (exact) mass is 200 g/mol. The fourth-order valence-corrected chi connectivity index (χ4v) is 1.79. The number of carboxylic acid groups (broad SMARTS) is 1. The van der Waals surface area contributed by atoms with Crippen molar-refractivity contribution in [2.75, 3.05) is 26.2 Å². The standard InChI is InChI=1S/C11H21NO2/c1-5-8-12(6-2,7-3)9-10(4)11(13)14/h4-9H2,1-3H3/p+1. The summed E-state index contributed by atoms with van der Waals surface area (Å²) in [6, 6.07) is 0. The lowest BCUT2D eigenvalue weighted by molar-refractivity contribution is -0.920. The van der Waals surface area contributed by atoms with Gasteiger partial charge < -0.3 is 9.59 Å². The zero-order valence-corrected chi connectivity index (χ0v) is 9.55. The van der Waals surface area contributed by atoms with Gasteiger partial charge in [-0.25, -0.2) is 4.79 Å². The molecule has 3 heteroatoms. The molecular weight excluding hydrogens is 178 g/mol. The van der Waals surface area contributed by atoms with Crippen molar-refractivity contribution in [1.29, 1.82) is 0 Å². The van der Waals surface area contributed by atoms with Crippen molar-refractivity contribution < 1.29 is 14.4 Å². The van der Waals surface area contributed by atoms with Crippen LogP contribution in [0.25, 0.3) is 0 Å². The third-order valence-corrected chi connectivity index (χ3v) is 2.87. The van der Waals surface area contributed by atoms with Gasteiger partial charge in [0.05, 0.1) is 25.2 Å². The Bertz CT molecular complexity index is 207. The van der Waals surface area contributed by atoms with Gasteiger partial charge in [0.15, 0.2) is 0 Å². The molecule has 0 fully saturated rings. The first kappa shape index (κ1) is 13.2. The Hall–Kier alpha value is -0.830. The maximum absolute atomic E-state index is 10.7. The molecule has 1 N–H and O–H groups in total. The van der Waals surface area contributed by atoms with Gasteiger partial charge >= 0.3 is 5.97 Å². The highest BCUT2D eigenvalue weighted by atomic mass is 16.4. The predicted octanol–water partition coefficient (Wildman–Crippen LogP) is 1.89. The summed E-state index contributed by atoms with van der Waals surface area (Å²) in [7, 11) is 0. The molecule has 0 aromatic carbocycles. The molecular formula is C11H22NO2+. The number of hydrogen-bond acceptors (Lipinski definition) is 1.